The summed E-state index contributed by atoms with van der Waals surface area (Å²) in [6.45, 7) is 5.20. The number of para-hydroxylation sites is 2. The molecule has 0 bridgehead atoms. The van der Waals surface area contributed by atoms with Gasteiger partial charge in [-0.2, -0.15) is 0 Å². The van der Waals surface area contributed by atoms with E-state index in [1.54, 1.807) is 0 Å². The Labute approximate surface area is 120 Å². The lowest BCUT2D eigenvalue weighted by Crippen LogP contribution is -2.40. The van der Waals surface area contributed by atoms with Crippen LogP contribution in [-0.4, -0.2) is 25.1 Å². The first kappa shape index (κ1) is 14.9. The summed E-state index contributed by atoms with van der Waals surface area (Å²) >= 11 is 0. The molecule has 0 fully saturated rings. The van der Waals surface area contributed by atoms with Crippen molar-refractivity contribution in [3.05, 3.63) is 24.3 Å². The van der Waals surface area contributed by atoms with Crippen LogP contribution in [0.3, 0.4) is 0 Å². The first-order chi connectivity index (χ1) is 9.59. The highest BCUT2D eigenvalue weighted by Crippen LogP contribution is 2.32. The molecule has 2 N–H and O–H groups in total. The number of fused-ring (bicyclic) bond motifs is 1. The van der Waals surface area contributed by atoms with Crippen LogP contribution >= 0.6 is 0 Å². The molecule has 4 heteroatoms. The quantitative estimate of drug-likeness (QED) is 0.899. The molecular weight excluding hydrogens is 252 g/mol. The molecule has 1 aromatic carbocycles. The molecule has 1 aromatic rings. The van der Waals surface area contributed by atoms with Gasteiger partial charge < -0.3 is 15.4 Å². The van der Waals surface area contributed by atoms with E-state index in [1.165, 1.54) is 0 Å². The molecule has 1 heterocycles. The van der Waals surface area contributed by atoms with Gasteiger partial charge in [0, 0.05) is 12.0 Å². The topological polar surface area (TPSA) is 55.6 Å². The zero-order valence-corrected chi connectivity index (χ0v) is 12.3. The van der Waals surface area contributed by atoms with Crippen molar-refractivity contribution in [3.63, 3.8) is 0 Å². The number of hydrogen-bond donors (Lipinski definition) is 1. The molecule has 2 atom stereocenters. The number of benzene rings is 1. The Morgan fingerprint density at radius 2 is 2.10 bits per heavy atom. The summed E-state index contributed by atoms with van der Waals surface area (Å²) in [6.07, 6.45) is 2.85. The smallest absolute Gasteiger partial charge is 0.230 e. The second kappa shape index (κ2) is 6.75. The Bertz CT molecular complexity index is 460. The van der Waals surface area contributed by atoms with Crippen LogP contribution in [0, 0.1) is 5.92 Å². The summed E-state index contributed by atoms with van der Waals surface area (Å²) in [5, 5.41) is 0. The first-order valence-electron chi connectivity index (χ1n) is 7.38. The van der Waals surface area contributed by atoms with Crippen molar-refractivity contribution in [3.8, 4) is 5.75 Å². The Morgan fingerprint density at radius 1 is 1.35 bits per heavy atom. The van der Waals surface area contributed by atoms with Gasteiger partial charge in [0.1, 0.15) is 12.4 Å². The van der Waals surface area contributed by atoms with E-state index in [2.05, 4.69) is 0 Å². The maximum absolute atomic E-state index is 12.6. The number of nitrogens with zero attached hydrogens (tertiary/aromatic N) is 1. The van der Waals surface area contributed by atoms with Gasteiger partial charge in [-0.15, -0.1) is 0 Å². The fraction of sp³-hybridized carbons (Fsp3) is 0.562. The van der Waals surface area contributed by atoms with E-state index >= 15 is 0 Å². The van der Waals surface area contributed by atoms with Crippen LogP contribution in [0.15, 0.2) is 24.3 Å². The van der Waals surface area contributed by atoms with Gasteiger partial charge in [0.2, 0.25) is 5.91 Å². The number of anilines is 1. The third kappa shape index (κ3) is 3.51. The highest BCUT2D eigenvalue weighted by molar-refractivity contribution is 5.96. The van der Waals surface area contributed by atoms with E-state index in [4.69, 9.17) is 10.5 Å². The monoisotopic (exact) mass is 276 g/mol. The number of carbonyl (C=O) groups excluding carboxylic acids is 1. The van der Waals surface area contributed by atoms with E-state index in [1.807, 2.05) is 43.0 Å². The molecule has 1 amide bonds. The van der Waals surface area contributed by atoms with E-state index < -0.39 is 0 Å². The standard InChI is InChI=1S/C16H24N2O2/c1-12(6-5-7-13(2)17)16(19)18-10-11-20-15-9-4-3-8-14(15)18/h3-4,8-9,12-13H,5-7,10-11,17H2,1-2H3. The van der Waals surface area contributed by atoms with Crippen molar-refractivity contribution < 1.29 is 9.53 Å². The zero-order valence-electron chi connectivity index (χ0n) is 12.3. The minimum absolute atomic E-state index is 0.0277. The summed E-state index contributed by atoms with van der Waals surface area (Å²) in [5.41, 5.74) is 6.64. The van der Waals surface area contributed by atoms with Crippen molar-refractivity contribution in [2.75, 3.05) is 18.1 Å². The summed E-state index contributed by atoms with van der Waals surface area (Å²) in [7, 11) is 0. The first-order valence-corrected chi connectivity index (χ1v) is 7.38. The van der Waals surface area contributed by atoms with Crippen molar-refractivity contribution >= 4 is 11.6 Å². The third-order valence-corrected chi connectivity index (χ3v) is 3.71. The van der Waals surface area contributed by atoms with Gasteiger partial charge in [-0.3, -0.25) is 4.79 Å². The zero-order chi connectivity index (χ0) is 14.5. The normalized spacial score (nSPS) is 17.1. The maximum Gasteiger partial charge on any atom is 0.230 e. The van der Waals surface area contributed by atoms with Gasteiger partial charge in [-0.05, 0) is 31.9 Å². The van der Waals surface area contributed by atoms with Crippen LogP contribution in [0.5, 0.6) is 5.75 Å². The second-order valence-corrected chi connectivity index (χ2v) is 5.62. The Kier molecular flexibility index (Phi) is 5.01. The maximum atomic E-state index is 12.6. The lowest BCUT2D eigenvalue weighted by molar-refractivity contribution is -0.122. The lowest BCUT2D eigenvalue weighted by atomic mass is 10.00. The van der Waals surface area contributed by atoms with Gasteiger partial charge in [0.05, 0.1) is 12.2 Å². The molecule has 0 spiro atoms. The van der Waals surface area contributed by atoms with Gasteiger partial charge in [0.25, 0.3) is 0 Å². The number of hydrogen-bond acceptors (Lipinski definition) is 3. The van der Waals surface area contributed by atoms with E-state index in [0.29, 0.717) is 13.2 Å². The molecule has 4 nitrogen and oxygen atoms in total. The van der Waals surface area contributed by atoms with Crippen molar-refractivity contribution in [2.24, 2.45) is 11.7 Å². The molecule has 1 aliphatic heterocycles. The van der Waals surface area contributed by atoms with E-state index in [0.717, 1.165) is 30.7 Å². The molecule has 20 heavy (non-hydrogen) atoms. The fourth-order valence-corrected chi connectivity index (χ4v) is 2.53. The molecule has 0 aliphatic carbocycles. The summed E-state index contributed by atoms with van der Waals surface area (Å²) < 4.78 is 5.59. The highest BCUT2D eigenvalue weighted by Gasteiger charge is 2.26. The minimum atomic E-state index is 0.0277. The molecule has 2 unspecified atom stereocenters. The Balaban J connectivity index is 1.99. The molecule has 1 aliphatic rings. The molecule has 110 valence electrons. The summed E-state index contributed by atoms with van der Waals surface area (Å²) in [4.78, 5) is 14.4. The van der Waals surface area contributed by atoms with Crippen LogP contribution in [0.4, 0.5) is 5.69 Å². The van der Waals surface area contributed by atoms with Crippen LogP contribution < -0.4 is 15.4 Å². The number of carbonyl (C=O) groups is 1. The minimum Gasteiger partial charge on any atom is -0.490 e. The van der Waals surface area contributed by atoms with Gasteiger partial charge >= 0.3 is 0 Å². The number of rotatable bonds is 5. The Hall–Kier alpha value is -1.55. The van der Waals surface area contributed by atoms with Crippen LogP contribution in [-0.2, 0) is 4.79 Å². The number of ether oxygens (including phenoxy) is 1. The fourth-order valence-electron chi connectivity index (χ4n) is 2.53. The second-order valence-electron chi connectivity index (χ2n) is 5.62. The third-order valence-electron chi connectivity index (χ3n) is 3.71. The van der Waals surface area contributed by atoms with Gasteiger partial charge in [-0.25, -0.2) is 0 Å². The number of amides is 1. The van der Waals surface area contributed by atoms with Crippen molar-refractivity contribution in [2.45, 2.75) is 39.2 Å². The van der Waals surface area contributed by atoms with E-state index in [-0.39, 0.29) is 17.9 Å². The highest BCUT2D eigenvalue weighted by atomic mass is 16.5. The molecule has 0 radical (unpaired) electrons. The van der Waals surface area contributed by atoms with Crippen molar-refractivity contribution in [1.29, 1.82) is 0 Å². The van der Waals surface area contributed by atoms with Crippen LogP contribution in [0.1, 0.15) is 33.1 Å². The van der Waals surface area contributed by atoms with Crippen molar-refractivity contribution in [1.82, 2.24) is 0 Å². The van der Waals surface area contributed by atoms with Gasteiger partial charge in [0.15, 0.2) is 0 Å². The van der Waals surface area contributed by atoms with Crippen LogP contribution in [0.2, 0.25) is 0 Å². The average molecular weight is 276 g/mol. The summed E-state index contributed by atoms with van der Waals surface area (Å²) in [6, 6.07) is 7.94. The molecule has 0 saturated carbocycles. The summed E-state index contributed by atoms with van der Waals surface area (Å²) in [5.74, 6) is 1.01. The Morgan fingerprint density at radius 3 is 2.85 bits per heavy atom. The predicted molar refractivity (Wildman–Crippen MR) is 81.0 cm³/mol. The SMILES string of the molecule is CC(N)CCCC(C)C(=O)N1CCOc2ccccc21. The molecule has 2 rings (SSSR count). The van der Waals surface area contributed by atoms with Gasteiger partial charge in [-0.1, -0.05) is 25.5 Å². The molecular formula is C16H24N2O2. The largest absolute Gasteiger partial charge is 0.490 e. The lowest BCUT2D eigenvalue weighted by Gasteiger charge is -2.31. The molecule has 0 aromatic heterocycles. The van der Waals surface area contributed by atoms with E-state index in [9.17, 15) is 4.79 Å². The molecule has 0 saturated heterocycles. The average Bonchev–Trinajstić information content (AvgIpc) is 2.45. The number of nitrogens with two attached hydrogens (primary N) is 1. The predicted octanol–water partition coefficient (Wildman–Crippen LogP) is 2.57. The van der Waals surface area contributed by atoms with Crippen LogP contribution in [0.25, 0.3) is 0 Å².